The predicted molar refractivity (Wildman–Crippen MR) is 138 cm³/mol. The minimum atomic E-state index is -3.73. The summed E-state index contributed by atoms with van der Waals surface area (Å²) in [6.07, 6.45) is 21.9. The van der Waals surface area contributed by atoms with Gasteiger partial charge in [-0.15, -0.1) is 0 Å². The molecule has 2 rings (SSSR count). The minimum Gasteiger partial charge on any atom is -0.189 e. The number of rotatable bonds is 18. The quantitative estimate of drug-likeness (QED) is 0.157. The lowest BCUT2D eigenvalue weighted by atomic mass is 10.0. The Kier molecular flexibility index (Phi) is 13.6. The lowest BCUT2D eigenvalue weighted by Gasteiger charge is -2.37. The van der Waals surface area contributed by atoms with Crippen molar-refractivity contribution in [2.45, 2.75) is 128 Å². The molecule has 1 heterocycles. The van der Waals surface area contributed by atoms with Crippen molar-refractivity contribution in [3.63, 3.8) is 0 Å². The van der Waals surface area contributed by atoms with Crippen molar-refractivity contribution in [1.29, 1.82) is 0 Å². The highest BCUT2D eigenvalue weighted by Crippen LogP contribution is 2.26. The number of quaternary nitrogens is 1. The Hall–Kier alpha value is -0.910. The molecule has 0 atom stereocenters. The number of unbranched alkanes of at least 4 members (excludes halogenated alkanes) is 13. The fourth-order valence-corrected chi connectivity index (χ4v) is 6.17. The van der Waals surface area contributed by atoms with Crippen molar-refractivity contribution in [2.24, 2.45) is 0 Å². The second-order valence-electron chi connectivity index (χ2n) is 10.2. The lowest BCUT2D eigenvalue weighted by Crippen LogP contribution is -2.53. The molecule has 0 radical (unpaired) electrons. The van der Waals surface area contributed by atoms with Crippen LogP contribution in [-0.4, -0.2) is 32.7 Å². The minimum absolute atomic E-state index is 0.275. The molecule has 0 spiro atoms. The van der Waals surface area contributed by atoms with Gasteiger partial charge in [0.05, 0.1) is 4.90 Å². The van der Waals surface area contributed by atoms with Gasteiger partial charge in [0.25, 0.3) is 0 Å². The summed E-state index contributed by atoms with van der Waals surface area (Å²) in [5.74, 6) is 0. The van der Waals surface area contributed by atoms with E-state index < -0.39 is 10.1 Å². The molecule has 0 N–H and O–H groups in total. The molecule has 5 heteroatoms. The number of piperidine rings is 1. The predicted octanol–water partition coefficient (Wildman–Crippen LogP) is 8.10. The highest BCUT2D eigenvalue weighted by Gasteiger charge is 2.38. The van der Waals surface area contributed by atoms with Crippen LogP contribution in [0.1, 0.15) is 122 Å². The highest BCUT2D eigenvalue weighted by atomic mass is 32.2. The Bertz CT molecular complexity index is 724. The maximum atomic E-state index is 12.9. The molecule has 0 saturated carbocycles. The third-order valence-electron chi connectivity index (χ3n) is 7.12. The molecule has 190 valence electrons. The summed E-state index contributed by atoms with van der Waals surface area (Å²) in [4.78, 5) is 0.275. The van der Waals surface area contributed by atoms with Gasteiger partial charge in [0.15, 0.2) is 0 Å². The van der Waals surface area contributed by atoms with Gasteiger partial charge in [-0.3, -0.25) is 0 Å². The number of hydroxylamine groups is 3. The zero-order valence-corrected chi connectivity index (χ0v) is 22.3. The number of likely N-dealkylation sites (tertiary alicyclic amines) is 1. The van der Waals surface area contributed by atoms with Crippen LogP contribution in [-0.2, 0) is 14.4 Å². The molecule has 0 aromatic heterocycles. The summed E-state index contributed by atoms with van der Waals surface area (Å²) < 4.78 is 32.1. The lowest BCUT2D eigenvalue weighted by molar-refractivity contribution is -1.08. The molecule has 0 amide bonds. The molecule has 1 fully saturated rings. The number of aryl methyl sites for hydroxylation is 1. The van der Waals surface area contributed by atoms with Crippen molar-refractivity contribution in [3.8, 4) is 0 Å². The summed E-state index contributed by atoms with van der Waals surface area (Å²) in [5, 5.41) is 0. The first-order chi connectivity index (χ1) is 16.0. The monoisotopic (exact) mass is 480 g/mol. The van der Waals surface area contributed by atoms with Crippen LogP contribution >= 0.6 is 0 Å². The van der Waals surface area contributed by atoms with E-state index in [9.17, 15) is 8.42 Å². The molecule has 1 saturated heterocycles. The number of hydrogen-bond acceptors (Lipinski definition) is 3. The van der Waals surface area contributed by atoms with Gasteiger partial charge in [0.2, 0.25) is 0 Å². The largest absolute Gasteiger partial charge is 0.342 e. The van der Waals surface area contributed by atoms with Crippen molar-refractivity contribution < 1.29 is 17.3 Å². The molecule has 1 aliphatic rings. The van der Waals surface area contributed by atoms with Crippen molar-refractivity contribution >= 4 is 10.1 Å². The molecule has 0 bridgehead atoms. The first-order valence-electron chi connectivity index (χ1n) is 13.9. The van der Waals surface area contributed by atoms with Crippen LogP contribution in [0.5, 0.6) is 0 Å². The standard InChI is InChI=1S/C28H50NO3S/c1-3-4-5-6-7-8-9-10-11-12-13-14-15-17-24-29(25-18-16-19-26-29)32-33(30,31)28-22-20-27(2)21-23-28/h20-23H,3-19,24-26H2,1-2H3/q+1. The second-order valence-corrected chi connectivity index (χ2v) is 11.8. The van der Waals surface area contributed by atoms with E-state index in [1.807, 2.05) is 19.1 Å². The smallest absolute Gasteiger partial charge is 0.189 e. The number of nitrogens with zero attached hydrogens (tertiary/aromatic N) is 1. The van der Waals surface area contributed by atoms with Crippen molar-refractivity contribution in [2.75, 3.05) is 19.6 Å². The maximum absolute atomic E-state index is 12.9. The Morgan fingerprint density at radius 3 is 1.64 bits per heavy atom. The van der Waals surface area contributed by atoms with Crippen LogP contribution in [0.15, 0.2) is 29.2 Å². The van der Waals surface area contributed by atoms with Crippen LogP contribution in [0, 0.1) is 6.92 Å². The van der Waals surface area contributed by atoms with Crippen LogP contribution in [0.3, 0.4) is 0 Å². The molecule has 1 aromatic rings. The number of benzene rings is 1. The van der Waals surface area contributed by atoms with E-state index in [0.717, 1.165) is 44.5 Å². The summed E-state index contributed by atoms with van der Waals surface area (Å²) in [6, 6.07) is 7.00. The van der Waals surface area contributed by atoms with Gasteiger partial charge in [-0.25, -0.2) is 0 Å². The summed E-state index contributed by atoms with van der Waals surface area (Å²) in [5.41, 5.74) is 1.05. The molecule has 1 aliphatic heterocycles. The van der Waals surface area contributed by atoms with E-state index in [4.69, 9.17) is 4.28 Å². The van der Waals surface area contributed by atoms with E-state index in [2.05, 4.69) is 6.92 Å². The van der Waals surface area contributed by atoms with Gasteiger partial charge in [0.1, 0.15) is 19.6 Å². The zero-order chi connectivity index (χ0) is 23.8. The molecule has 33 heavy (non-hydrogen) atoms. The van der Waals surface area contributed by atoms with E-state index in [0.29, 0.717) is 0 Å². The van der Waals surface area contributed by atoms with E-state index >= 15 is 0 Å². The summed E-state index contributed by atoms with van der Waals surface area (Å²) in [6.45, 7) is 6.67. The average Bonchev–Trinajstić information content (AvgIpc) is 2.80. The van der Waals surface area contributed by atoms with Gasteiger partial charge in [-0.1, -0.05) is 106 Å². The second kappa shape index (κ2) is 15.9. The van der Waals surface area contributed by atoms with Crippen molar-refractivity contribution in [3.05, 3.63) is 29.8 Å². The average molecular weight is 481 g/mol. The Labute approximate surface area is 204 Å². The van der Waals surface area contributed by atoms with Gasteiger partial charge in [0, 0.05) is 0 Å². The van der Waals surface area contributed by atoms with Crippen LogP contribution < -0.4 is 0 Å². The molecule has 0 aliphatic carbocycles. The van der Waals surface area contributed by atoms with E-state index in [1.165, 1.54) is 89.9 Å². The third-order valence-corrected chi connectivity index (χ3v) is 8.48. The Morgan fingerprint density at radius 2 is 1.15 bits per heavy atom. The fraction of sp³-hybridized carbons (Fsp3) is 0.786. The Balaban J connectivity index is 1.62. The first-order valence-corrected chi connectivity index (χ1v) is 15.3. The third kappa shape index (κ3) is 11.4. The summed E-state index contributed by atoms with van der Waals surface area (Å²) in [7, 11) is -3.73. The first kappa shape index (κ1) is 28.3. The van der Waals surface area contributed by atoms with Gasteiger partial charge in [-0.05, 0) is 51.2 Å². The molecule has 1 aromatic carbocycles. The van der Waals surface area contributed by atoms with Crippen LogP contribution in [0.25, 0.3) is 0 Å². The zero-order valence-electron chi connectivity index (χ0n) is 21.5. The molecule has 4 nitrogen and oxygen atoms in total. The van der Waals surface area contributed by atoms with E-state index in [1.54, 1.807) is 12.1 Å². The highest BCUT2D eigenvalue weighted by molar-refractivity contribution is 7.86. The Morgan fingerprint density at radius 1 is 0.697 bits per heavy atom. The molecular formula is C28H50NO3S+. The number of hydrogen-bond donors (Lipinski definition) is 0. The van der Waals surface area contributed by atoms with Gasteiger partial charge in [-0.2, -0.15) is 13.1 Å². The van der Waals surface area contributed by atoms with Gasteiger partial charge >= 0.3 is 10.1 Å². The molecule has 0 unspecified atom stereocenters. The normalized spacial score (nSPS) is 16.2. The topological polar surface area (TPSA) is 43.4 Å². The fourth-order valence-electron chi connectivity index (χ4n) is 4.97. The maximum Gasteiger partial charge on any atom is 0.342 e. The SMILES string of the molecule is CCCCCCCCCCCCCCCC[N+]1(OS(=O)(=O)c2ccc(C)cc2)CCCCC1. The van der Waals surface area contributed by atoms with E-state index in [-0.39, 0.29) is 9.54 Å². The van der Waals surface area contributed by atoms with Crippen LogP contribution in [0.4, 0.5) is 0 Å². The van der Waals surface area contributed by atoms with Gasteiger partial charge < -0.3 is 0 Å². The molecular weight excluding hydrogens is 430 g/mol. The summed E-state index contributed by atoms with van der Waals surface area (Å²) >= 11 is 0. The van der Waals surface area contributed by atoms with Crippen molar-refractivity contribution in [1.82, 2.24) is 0 Å². The van der Waals surface area contributed by atoms with Crippen LogP contribution in [0.2, 0.25) is 0 Å².